The molecule has 0 bridgehead atoms. The third-order valence-electron chi connectivity index (χ3n) is 4.69. The van der Waals surface area contributed by atoms with Crippen molar-refractivity contribution >= 4 is 5.69 Å². The van der Waals surface area contributed by atoms with Gasteiger partial charge in [0.05, 0.1) is 6.61 Å². The van der Waals surface area contributed by atoms with Gasteiger partial charge in [-0.3, -0.25) is 4.90 Å². The number of anilines is 1. The van der Waals surface area contributed by atoms with Gasteiger partial charge in [0.2, 0.25) is 0 Å². The van der Waals surface area contributed by atoms with E-state index in [-0.39, 0.29) is 0 Å². The fourth-order valence-electron chi connectivity index (χ4n) is 3.31. The van der Waals surface area contributed by atoms with Gasteiger partial charge >= 0.3 is 0 Å². The zero-order valence-electron chi connectivity index (χ0n) is 12.4. The second-order valence-corrected chi connectivity index (χ2v) is 6.11. The molecule has 2 N–H and O–H groups in total. The first kappa shape index (κ1) is 13.7. The standard InChI is InChI=1S/C16H24N2O2/c1-11-4-3-5-18(12(11)2)8-13-6-15(17)7-14-9-19-10-20-16(13)14/h6-7,11-12H,3-5,8-10,17H2,1-2H3. The van der Waals surface area contributed by atoms with Crippen molar-refractivity contribution in [3.63, 3.8) is 0 Å². The Labute approximate surface area is 120 Å². The number of rotatable bonds is 2. The average Bonchev–Trinajstić information content (AvgIpc) is 2.43. The minimum Gasteiger partial charge on any atom is -0.467 e. The first-order valence-corrected chi connectivity index (χ1v) is 7.51. The molecule has 110 valence electrons. The van der Waals surface area contributed by atoms with Crippen molar-refractivity contribution in [3.05, 3.63) is 23.3 Å². The number of benzene rings is 1. The van der Waals surface area contributed by atoms with Gasteiger partial charge in [-0.25, -0.2) is 0 Å². The molecule has 4 nitrogen and oxygen atoms in total. The van der Waals surface area contributed by atoms with E-state index in [9.17, 15) is 0 Å². The number of likely N-dealkylation sites (tertiary alicyclic amines) is 1. The summed E-state index contributed by atoms with van der Waals surface area (Å²) in [5.41, 5.74) is 9.09. The predicted molar refractivity (Wildman–Crippen MR) is 79.4 cm³/mol. The Morgan fingerprint density at radius 2 is 2.20 bits per heavy atom. The Hall–Kier alpha value is -1.26. The Morgan fingerprint density at radius 3 is 3.05 bits per heavy atom. The van der Waals surface area contributed by atoms with Crippen molar-refractivity contribution in [1.82, 2.24) is 4.90 Å². The fourth-order valence-corrected chi connectivity index (χ4v) is 3.31. The lowest BCUT2D eigenvalue weighted by Crippen LogP contribution is -2.41. The van der Waals surface area contributed by atoms with E-state index in [1.165, 1.54) is 18.4 Å². The molecular weight excluding hydrogens is 252 g/mol. The van der Waals surface area contributed by atoms with Gasteiger partial charge in [-0.1, -0.05) is 6.92 Å². The molecule has 0 aliphatic carbocycles. The highest BCUT2D eigenvalue weighted by Gasteiger charge is 2.26. The minimum absolute atomic E-state index is 0.343. The number of fused-ring (bicyclic) bond motifs is 1. The first-order chi connectivity index (χ1) is 9.65. The average molecular weight is 276 g/mol. The maximum Gasteiger partial charge on any atom is 0.189 e. The van der Waals surface area contributed by atoms with Crippen LogP contribution in [0.3, 0.4) is 0 Å². The van der Waals surface area contributed by atoms with E-state index in [0.29, 0.717) is 19.4 Å². The number of piperidine rings is 1. The molecule has 2 unspecified atom stereocenters. The maximum atomic E-state index is 6.02. The zero-order valence-corrected chi connectivity index (χ0v) is 12.4. The summed E-state index contributed by atoms with van der Waals surface area (Å²) < 4.78 is 11.1. The molecule has 0 amide bonds. The van der Waals surface area contributed by atoms with Crippen LogP contribution in [0.4, 0.5) is 5.69 Å². The van der Waals surface area contributed by atoms with E-state index in [1.807, 2.05) is 6.07 Å². The summed E-state index contributed by atoms with van der Waals surface area (Å²) in [6, 6.07) is 4.62. The zero-order chi connectivity index (χ0) is 14.1. The second-order valence-electron chi connectivity index (χ2n) is 6.11. The molecule has 1 aromatic rings. The highest BCUT2D eigenvalue weighted by atomic mass is 16.7. The smallest absolute Gasteiger partial charge is 0.189 e. The van der Waals surface area contributed by atoms with Crippen LogP contribution in [-0.4, -0.2) is 24.3 Å². The van der Waals surface area contributed by atoms with E-state index in [1.54, 1.807) is 0 Å². The summed E-state index contributed by atoms with van der Waals surface area (Å²) >= 11 is 0. The van der Waals surface area contributed by atoms with E-state index in [0.717, 1.165) is 36.0 Å². The molecule has 2 atom stereocenters. The topological polar surface area (TPSA) is 47.7 Å². The lowest BCUT2D eigenvalue weighted by molar-refractivity contribution is -0.0178. The van der Waals surface area contributed by atoms with Gasteiger partial charge < -0.3 is 15.2 Å². The van der Waals surface area contributed by atoms with Crippen LogP contribution < -0.4 is 10.5 Å². The van der Waals surface area contributed by atoms with Gasteiger partial charge in [-0.15, -0.1) is 0 Å². The normalized spacial score (nSPS) is 26.9. The number of nitrogen functional groups attached to an aromatic ring is 1. The van der Waals surface area contributed by atoms with E-state index in [4.69, 9.17) is 15.2 Å². The summed E-state index contributed by atoms with van der Waals surface area (Å²) in [4.78, 5) is 2.54. The predicted octanol–water partition coefficient (Wildman–Crippen LogP) is 2.76. The van der Waals surface area contributed by atoms with Gasteiger partial charge in [-0.05, 0) is 44.4 Å². The summed E-state index contributed by atoms with van der Waals surface area (Å²) in [5, 5.41) is 0. The molecular formula is C16H24N2O2. The molecule has 0 radical (unpaired) electrons. The molecule has 0 saturated carbocycles. The lowest BCUT2D eigenvalue weighted by atomic mass is 9.91. The molecule has 4 heteroatoms. The van der Waals surface area contributed by atoms with Gasteiger partial charge in [0.15, 0.2) is 6.79 Å². The van der Waals surface area contributed by atoms with Crippen LogP contribution in [0.15, 0.2) is 12.1 Å². The molecule has 0 aromatic heterocycles. The molecule has 2 aliphatic rings. The summed E-state index contributed by atoms with van der Waals surface area (Å²) in [6.45, 7) is 7.68. The van der Waals surface area contributed by atoms with Gasteiger partial charge in [0.1, 0.15) is 5.75 Å². The number of ether oxygens (including phenoxy) is 2. The van der Waals surface area contributed by atoms with Gasteiger partial charge in [-0.2, -0.15) is 0 Å². The van der Waals surface area contributed by atoms with Crippen molar-refractivity contribution < 1.29 is 9.47 Å². The van der Waals surface area contributed by atoms with Crippen molar-refractivity contribution in [3.8, 4) is 5.75 Å². The highest BCUT2D eigenvalue weighted by Crippen LogP contribution is 2.33. The van der Waals surface area contributed by atoms with Crippen molar-refractivity contribution in [2.75, 3.05) is 19.1 Å². The maximum absolute atomic E-state index is 6.02. The summed E-state index contributed by atoms with van der Waals surface area (Å²) in [6.07, 6.45) is 2.61. The number of nitrogens with zero attached hydrogens (tertiary/aromatic N) is 1. The van der Waals surface area contributed by atoms with E-state index < -0.39 is 0 Å². The van der Waals surface area contributed by atoms with Crippen molar-refractivity contribution in [2.24, 2.45) is 5.92 Å². The SMILES string of the molecule is CC1CCCN(Cc2cc(N)cc3c2OCOC3)C1C. The molecule has 2 aliphatic heterocycles. The monoisotopic (exact) mass is 276 g/mol. The number of hydrogen-bond donors (Lipinski definition) is 1. The summed E-state index contributed by atoms with van der Waals surface area (Å²) in [7, 11) is 0. The second kappa shape index (κ2) is 5.62. The molecule has 1 saturated heterocycles. The van der Waals surface area contributed by atoms with Crippen LogP contribution in [0.1, 0.15) is 37.8 Å². The van der Waals surface area contributed by atoms with Gasteiger partial charge in [0, 0.05) is 29.4 Å². The minimum atomic E-state index is 0.343. The summed E-state index contributed by atoms with van der Waals surface area (Å²) in [5.74, 6) is 1.74. The molecule has 0 spiro atoms. The van der Waals surface area contributed by atoms with Crippen molar-refractivity contribution in [2.45, 2.75) is 45.9 Å². The third kappa shape index (κ3) is 2.63. The lowest BCUT2D eigenvalue weighted by Gasteiger charge is -2.38. The first-order valence-electron chi connectivity index (χ1n) is 7.51. The number of nitrogens with two attached hydrogens (primary N) is 1. The van der Waals surface area contributed by atoms with Crippen LogP contribution >= 0.6 is 0 Å². The Kier molecular flexibility index (Phi) is 3.85. The highest BCUT2D eigenvalue weighted by molar-refractivity contribution is 5.53. The molecule has 1 fully saturated rings. The van der Waals surface area contributed by atoms with Crippen LogP contribution in [0.5, 0.6) is 5.75 Å². The molecule has 20 heavy (non-hydrogen) atoms. The Morgan fingerprint density at radius 1 is 1.35 bits per heavy atom. The Bertz CT molecular complexity index is 490. The number of hydrogen-bond acceptors (Lipinski definition) is 4. The van der Waals surface area contributed by atoms with Crippen LogP contribution in [0, 0.1) is 5.92 Å². The third-order valence-corrected chi connectivity index (χ3v) is 4.69. The van der Waals surface area contributed by atoms with Crippen LogP contribution in [0.2, 0.25) is 0 Å². The quantitative estimate of drug-likeness (QED) is 0.844. The molecule has 3 rings (SSSR count). The fraction of sp³-hybridized carbons (Fsp3) is 0.625. The Balaban J connectivity index is 1.85. The van der Waals surface area contributed by atoms with E-state index in [2.05, 4.69) is 24.8 Å². The van der Waals surface area contributed by atoms with Crippen LogP contribution in [0.25, 0.3) is 0 Å². The molecule has 2 heterocycles. The largest absolute Gasteiger partial charge is 0.467 e. The van der Waals surface area contributed by atoms with E-state index >= 15 is 0 Å². The van der Waals surface area contributed by atoms with Gasteiger partial charge in [0.25, 0.3) is 0 Å². The van der Waals surface area contributed by atoms with Crippen LogP contribution in [-0.2, 0) is 17.9 Å². The van der Waals surface area contributed by atoms with Crippen molar-refractivity contribution in [1.29, 1.82) is 0 Å². The molecule has 1 aromatic carbocycles.